The molecular weight excluding hydrogens is 612 g/mol. The van der Waals surface area contributed by atoms with Gasteiger partial charge in [0, 0.05) is 26.2 Å². The van der Waals surface area contributed by atoms with Gasteiger partial charge in [-0.05, 0) is 70.2 Å². The quantitative estimate of drug-likeness (QED) is 0.147. The summed E-state index contributed by atoms with van der Waals surface area (Å²) >= 11 is 0. The molecule has 14 nitrogen and oxygen atoms in total. The SMILES string of the molecule is CCn1nc(C)cc1C(=O)Nc1nc2ccccc2n1C/C=C/Cn1c(NC(=O)c2cc(C)nn2CC)nc2cc(C(=O)OC)ccc21. The molecule has 0 fully saturated rings. The Hall–Kier alpha value is -6.05. The monoisotopic (exact) mass is 648 g/mol. The lowest BCUT2D eigenvalue weighted by atomic mass is 10.2. The number of ether oxygens (including phenoxy) is 1. The fraction of sp³-hybridized carbons (Fsp3) is 0.265. The van der Waals surface area contributed by atoms with E-state index in [4.69, 9.17) is 9.72 Å². The summed E-state index contributed by atoms with van der Waals surface area (Å²) in [4.78, 5) is 48.2. The number of nitrogens with one attached hydrogen (secondary N) is 2. The van der Waals surface area contributed by atoms with Crippen LogP contribution in [0.2, 0.25) is 0 Å². The normalized spacial score (nSPS) is 11.5. The molecule has 0 aliphatic heterocycles. The van der Waals surface area contributed by atoms with Gasteiger partial charge in [0.05, 0.1) is 46.1 Å². The van der Waals surface area contributed by atoms with Gasteiger partial charge in [-0.3, -0.25) is 29.6 Å². The summed E-state index contributed by atoms with van der Waals surface area (Å²) in [6.07, 6.45) is 3.90. The van der Waals surface area contributed by atoms with Crippen LogP contribution in [-0.2, 0) is 30.9 Å². The third-order valence-electron chi connectivity index (χ3n) is 7.89. The molecule has 0 unspecified atom stereocenters. The highest BCUT2D eigenvalue weighted by molar-refractivity contribution is 6.04. The number of esters is 1. The van der Waals surface area contributed by atoms with E-state index in [1.165, 1.54) is 7.11 Å². The maximum atomic E-state index is 13.4. The lowest BCUT2D eigenvalue weighted by molar-refractivity contribution is 0.0600. The highest BCUT2D eigenvalue weighted by atomic mass is 16.5. The van der Waals surface area contributed by atoms with Crippen molar-refractivity contribution in [2.75, 3.05) is 17.7 Å². The number of allylic oxidation sites excluding steroid dienone is 2. The molecule has 0 atom stereocenters. The minimum absolute atomic E-state index is 0.297. The summed E-state index contributed by atoms with van der Waals surface area (Å²) in [5.74, 6) is -0.409. The van der Waals surface area contributed by atoms with E-state index in [-0.39, 0.29) is 11.8 Å². The van der Waals surface area contributed by atoms with Crippen LogP contribution in [0.1, 0.15) is 56.6 Å². The third-order valence-corrected chi connectivity index (χ3v) is 7.89. The van der Waals surface area contributed by atoms with Crippen molar-refractivity contribution in [3.05, 3.63) is 95.1 Å². The molecule has 0 bridgehead atoms. The van der Waals surface area contributed by atoms with Crippen molar-refractivity contribution in [3.8, 4) is 0 Å². The zero-order chi connectivity index (χ0) is 33.9. The van der Waals surface area contributed by atoms with Gasteiger partial charge >= 0.3 is 5.97 Å². The van der Waals surface area contributed by atoms with E-state index in [1.807, 2.05) is 73.2 Å². The summed E-state index contributed by atoms with van der Waals surface area (Å²) in [5, 5.41) is 14.7. The Kier molecular flexibility index (Phi) is 8.88. The molecule has 2 N–H and O–H groups in total. The molecule has 0 saturated carbocycles. The third kappa shape index (κ3) is 6.19. The number of anilines is 2. The molecule has 0 radical (unpaired) electrons. The molecule has 6 aromatic rings. The molecular formula is C34H36N10O4. The lowest BCUT2D eigenvalue weighted by Crippen LogP contribution is -2.20. The van der Waals surface area contributed by atoms with Crippen LogP contribution in [0.4, 0.5) is 11.9 Å². The molecule has 0 spiro atoms. The largest absolute Gasteiger partial charge is 0.465 e. The Labute approximate surface area is 276 Å². The summed E-state index contributed by atoms with van der Waals surface area (Å²) < 4.78 is 12.0. The van der Waals surface area contributed by atoms with Crippen molar-refractivity contribution in [3.63, 3.8) is 0 Å². The Morgan fingerprint density at radius 2 is 1.25 bits per heavy atom. The smallest absolute Gasteiger partial charge is 0.337 e. The van der Waals surface area contributed by atoms with Crippen LogP contribution < -0.4 is 10.6 Å². The molecule has 0 aliphatic carbocycles. The molecule has 4 aromatic heterocycles. The maximum absolute atomic E-state index is 13.4. The number of hydrogen-bond donors (Lipinski definition) is 2. The van der Waals surface area contributed by atoms with Crippen LogP contribution >= 0.6 is 0 Å². The molecule has 0 aliphatic rings. The minimum atomic E-state index is -0.482. The van der Waals surface area contributed by atoms with Gasteiger partial charge < -0.3 is 13.9 Å². The second kappa shape index (κ2) is 13.4. The van der Waals surface area contributed by atoms with Gasteiger partial charge in [0.2, 0.25) is 11.9 Å². The Morgan fingerprint density at radius 3 is 1.79 bits per heavy atom. The average Bonchev–Trinajstić information content (AvgIpc) is 3.84. The van der Waals surface area contributed by atoms with Gasteiger partial charge in [0.25, 0.3) is 11.8 Å². The summed E-state index contributed by atoms with van der Waals surface area (Å²) in [7, 11) is 1.32. The number of imidazole rings is 2. The van der Waals surface area contributed by atoms with Crippen LogP contribution in [0.5, 0.6) is 0 Å². The zero-order valence-corrected chi connectivity index (χ0v) is 27.4. The average molecular weight is 649 g/mol. The second-order valence-corrected chi connectivity index (χ2v) is 11.1. The van der Waals surface area contributed by atoms with Gasteiger partial charge in [-0.2, -0.15) is 10.2 Å². The number of rotatable bonds is 11. The highest BCUT2D eigenvalue weighted by Crippen LogP contribution is 2.24. The Morgan fingerprint density at radius 1 is 0.729 bits per heavy atom. The Bertz CT molecular complexity index is 2200. The number of methoxy groups -OCH3 is 1. The molecule has 48 heavy (non-hydrogen) atoms. The first-order valence-electron chi connectivity index (χ1n) is 15.6. The van der Waals surface area contributed by atoms with Gasteiger partial charge in [0.1, 0.15) is 11.4 Å². The first-order valence-corrected chi connectivity index (χ1v) is 15.6. The summed E-state index contributed by atoms with van der Waals surface area (Å²) in [6, 6.07) is 16.2. The van der Waals surface area contributed by atoms with E-state index in [9.17, 15) is 14.4 Å². The van der Waals surface area contributed by atoms with E-state index >= 15 is 0 Å². The molecule has 0 saturated heterocycles. The number of para-hydroxylation sites is 2. The van der Waals surface area contributed by atoms with E-state index < -0.39 is 5.97 Å². The number of hydrogen-bond acceptors (Lipinski definition) is 8. The zero-order valence-electron chi connectivity index (χ0n) is 27.4. The van der Waals surface area contributed by atoms with Gasteiger partial charge in [-0.1, -0.05) is 24.3 Å². The summed E-state index contributed by atoms with van der Waals surface area (Å²) in [6.45, 7) is 9.37. The number of aryl methyl sites for hydroxylation is 4. The molecule has 246 valence electrons. The van der Waals surface area contributed by atoms with Gasteiger partial charge in [-0.25, -0.2) is 14.8 Å². The number of carbonyl (C=O) groups is 3. The Balaban J connectivity index is 1.29. The fourth-order valence-electron chi connectivity index (χ4n) is 5.64. The van der Waals surface area contributed by atoms with Crippen molar-refractivity contribution in [1.82, 2.24) is 38.7 Å². The number of aromatic nitrogens is 8. The van der Waals surface area contributed by atoms with E-state index in [0.29, 0.717) is 66.1 Å². The first-order chi connectivity index (χ1) is 23.2. The second-order valence-electron chi connectivity index (χ2n) is 11.1. The van der Waals surface area contributed by atoms with E-state index in [1.54, 1.807) is 39.7 Å². The number of benzene rings is 2. The maximum Gasteiger partial charge on any atom is 0.337 e. The van der Waals surface area contributed by atoms with Crippen LogP contribution in [0.3, 0.4) is 0 Å². The van der Waals surface area contributed by atoms with Gasteiger partial charge in [-0.15, -0.1) is 0 Å². The molecule has 4 heterocycles. The standard InChI is InChI=1S/C34H36N10O4/c1-6-43-28(18-21(3)39-43)30(45)37-33-35-24-12-8-9-13-26(24)41(33)16-10-11-17-42-27-15-14-23(32(47)48-5)20-25(27)36-34(42)38-31(46)29-19-22(4)40-44(29)7-2/h8-15,18-20H,6-7,16-17H2,1-5H3,(H,35,37,45)(H,36,38,46)/b11-10+. The van der Waals surface area contributed by atoms with Crippen molar-refractivity contribution >= 4 is 51.7 Å². The van der Waals surface area contributed by atoms with Crippen molar-refractivity contribution < 1.29 is 19.1 Å². The highest BCUT2D eigenvalue weighted by Gasteiger charge is 2.20. The summed E-state index contributed by atoms with van der Waals surface area (Å²) in [5.41, 5.74) is 5.55. The number of amides is 2. The van der Waals surface area contributed by atoms with Gasteiger partial charge in [0.15, 0.2) is 0 Å². The number of fused-ring (bicyclic) bond motifs is 2. The van der Waals surface area contributed by atoms with E-state index in [2.05, 4.69) is 25.8 Å². The van der Waals surface area contributed by atoms with E-state index in [0.717, 1.165) is 22.4 Å². The molecule has 2 aromatic carbocycles. The predicted octanol–water partition coefficient (Wildman–Crippen LogP) is 4.98. The van der Waals surface area contributed by atoms with Crippen LogP contribution in [0.15, 0.2) is 66.7 Å². The number of nitrogens with zero attached hydrogens (tertiary/aromatic N) is 8. The van der Waals surface area contributed by atoms with Crippen LogP contribution in [0.25, 0.3) is 22.1 Å². The fourth-order valence-corrected chi connectivity index (χ4v) is 5.64. The number of carbonyl (C=O) groups excluding carboxylic acids is 3. The minimum Gasteiger partial charge on any atom is -0.465 e. The molecule has 2 amide bonds. The van der Waals surface area contributed by atoms with Crippen molar-refractivity contribution in [2.45, 2.75) is 53.9 Å². The molecule has 6 rings (SSSR count). The molecule has 14 heteroatoms. The van der Waals surface area contributed by atoms with Crippen LogP contribution in [0, 0.1) is 13.8 Å². The van der Waals surface area contributed by atoms with Crippen LogP contribution in [-0.4, -0.2) is 63.6 Å². The predicted molar refractivity (Wildman–Crippen MR) is 181 cm³/mol. The van der Waals surface area contributed by atoms with Crippen molar-refractivity contribution in [1.29, 1.82) is 0 Å². The first kappa shape index (κ1) is 31.9. The topological polar surface area (TPSA) is 156 Å². The van der Waals surface area contributed by atoms with Crippen molar-refractivity contribution in [2.24, 2.45) is 0 Å². The lowest BCUT2D eigenvalue weighted by Gasteiger charge is -2.10.